The van der Waals surface area contributed by atoms with Crippen LogP contribution in [0, 0.1) is 0 Å². The molecule has 0 saturated heterocycles. The van der Waals surface area contributed by atoms with E-state index in [1.54, 1.807) is 41.5 Å². The summed E-state index contributed by atoms with van der Waals surface area (Å²) < 4.78 is 15.0. The predicted molar refractivity (Wildman–Crippen MR) is 90.8 cm³/mol. The SMILES string of the molecule is CC(C)(C)OC(=O)NCCN(CC(O)CO[O][Tl])C(=O)OC(C)(C)C. The van der Waals surface area contributed by atoms with Gasteiger partial charge in [-0.25, -0.2) is 0 Å². The zero-order chi connectivity index (χ0) is 19.7. The summed E-state index contributed by atoms with van der Waals surface area (Å²) in [5.74, 6) is 0. The second kappa shape index (κ2) is 11.1. The van der Waals surface area contributed by atoms with Crippen molar-refractivity contribution in [1.82, 2.24) is 10.2 Å². The van der Waals surface area contributed by atoms with E-state index in [2.05, 4.69) is 8.15 Å². The van der Waals surface area contributed by atoms with Crippen molar-refractivity contribution in [3.63, 3.8) is 0 Å². The van der Waals surface area contributed by atoms with Gasteiger partial charge in [-0.15, -0.1) is 0 Å². The Morgan fingerprint density at radius 1 is 1.12 bits per heavy atom. The topological polar surface area (TPSA) is 107 Å². The number of nitrogens with one attached hydrogen (secondary N) is 1. The fourth-order valence-electron chi connectivity index (χ4n) is 1.62. The van der Waals surface area contributed by atoms with Crippen LogP contribution >= 0.6 is 0 Å². The Hall–Kier alpha value is -0.658. The summed E-state index contributed by atoms with van der Waals surface area (Å²) in [7, 11) is 0. The van der Waals surface area contributed by atoms with Gasteiger partial charge < -0.3 is 0 Å². The van der Waals surface area contributed by atoms with E-state index in [1.165, 1.54) is 4.90 Å². The first-order valence-corrected chi connectivity index (χ1v) is 9.78. The van der Waals surface area contributed by atoms with Gasteiger partial charge in [-0.3, -0.25) is 0 Å². The Morgan fingerprint density at radius 2 is 1.68 bits per heavy atom. The Kier molecular flexibility index (Phi) is 10.8. The minimum atomic E-state index is -0.937. The van der Waals surface area contributed by atoms with Crippen LogP contribution in [0.1, 0.15) is 41.5 Å². The Bertz CT molecular complexity index is 421. The van der Waals surface area contributed by atoms with E-state index in [1.807, 2.05) is 0 Å². The standard InChI is InChI=1S/C15H30N2O7.Tl/c1-14(2,3)23-12(19)16-7-8-17(9-11(18)10-22-21)13(20)24-15(4,5)6;/h11,18,21H,7-10H2,1-6H3,(H,16,19);/q;+1/p-1. The number of amides is 2. The molecule has 2 N–H and O–H groups in total. The van der Waals surface area contributed by atoms with Crippen LogP contribution in [-0.2, 0) is 17.2 Å². The maximum absolute atomic E-state index is 12.3. The molecule has 0 aromatic carbocycles. The van der Waals surface area contributed by atoms with Gasteiger partial charge in [0.05, 0.1) is 0 Å². The summed E-state index contributed by atoms with van der Waals surface area (Å²) >= 11 is 0.192. The predicted octanol–water partition coefficient (Wildman–Crippen LogP) is 1.14. The number of nitrogens with zero attached hydrogens (tertiary/aromatic N) is 1. The van der Waals surface area contributed by atoms with Crippen LogP contribution in [0.4, 0.5) is 9.59 Å². The van der Waals surface area contributed by atoms with E-state index in [0.717, 1.165) is 0 Å². The molecule has 10 heteroatoms. The number of carbonyl (C=O) groups excluding carboxylic acids is 2. The molecule has 0 fully saturated rings. The van der Waals surface area contributed by atoms with Gasteiger partial charge in [0.25, 0.3) is 0 Å². The van der Waals surface area contributed by atoms with E-state index < -0.39 is 29.5 Å². The number of hydrogen-bond donors (Lipinski definition) is 2. The van der Waals surface area contributed by atoms with Gasteiger partial charge in [0.1, 0.15) is 0 Å². The number of aliphatic hydroxyl groups is 1. The van der Waals surface area contributed by atoms with Crippen molar-refractivity contribution in [3.05, 3.63) is 0 Å². The number of alkyl carbamates (subject to hydrolysis) is 1. The van der Waals surface area contributed by atoms with E-state index >= 15 is 0 Å². The molecule has 1 atom stereocenters. The van der Waals surface area contributed by atoms with Gasteiger partial charge in [-0.1, -0.05) is 0 Å². The molecule has 0 heterocycles. The molecule has 2 amide bonds. The summed E-state index contributed by atoms with van der Waals surface area (Å²) in [6, 6.07) is 0. The fourth-order valence-corrected chi connectivity index (χ4v) is 1.92. The van der Waals surface area contributed by atoms with Crippen molar-refractivity contribution in [2.24, 2.45) is 0 Å². The summed E-state index contributed by atoms with van der Waals surface area (Å²) in [5, 5.41) is 12.5. The number of rotatable bonds is 8. The molecule has 0 bridgehead atoms. The normalized spacial score (nSPS) is 13.0. The van der Waals surface area contributed by atoms with E-state index in [9.17, 15) is 14.7 Å². The van der Waals surface area contributed by atoms with Crippen molar-refractivity contribution in [2.45, 2.75) is 58.8 Å². The van der Waals surface area contributed by atoms with Crippen molar-refractivity contribution < 1.29 is 31.9 Å². The van der Waals surface area contributed by atoms with E-state index in [-0.39, 0.29) is 52.5 Å². The maximum atomic E-state index is 12.3. The van der Waals surface area contributed by atoms with Gasteiger partial charge >= 0.3 is 145 Å². The Balaban J connectivity index is 4.62. The molecule has 0 saturated carbocycles. The average molecular weight is 554 g/mol. The fraction of sp³-hybridized carbons (Fsp3) is 0.867. The summed E-state index contributed by atoms with van der Waals surface area (Å²) in [6.07, 6.45) is -2.11. The third-order valence-electron chi connectivity index (χ3n) is 2.46. The van der Waals surface area contributed by atoms with Crippen LogP contribution in [0.5, 0.6) is 0 Å². The quantitative estimate of drug-likeness (QED) is 0.264. The van der Waals surface area contributed by atoms with Crippen LogP contribution in [0.25, 0.3) is 0 Å². The number of ether oxygens (including phenoxy) is 2. The molecule has 25 heavy (non-hydrogen) atoms. The van der Waals surface area contributed by atoms with E-state index in [0.29, 0.717) is 0 Å². The first-order chi connectivity index (χ1) is 11.3. The Labute approximate surface area is 165 Å². The van der Waals surface area contributed by atoms with Gasteiger partial charge in [-0.2, -0.15) is 0 Å². The van der Waals surface area contributed by atoms with Crippen LogP contribution in [0.3, 0.4) is 0 Å². The van der Waals surface area contributed by atoms with Crippen LogP contribution < -0.4 is 5.32 Å². The first kappa shape index (κ1) is 24.3. The van der Waals surface area contributed by atoms with Gasteiger partial charge in [0.2, 0.25) is 0 Å². The zero-order valence-electron chi connectivity index (χ0n) is 15.8. The van der Waals surface area contributed by atoms with Gasteiger partial charge in [0.15, 0.2) is 0 Å². The van der Waals surface area contributed by atoms with Crippen LogP contribution in [-0.4, -0.2) is 92.0 Å². The molecule has 144 valence electrons. The second-order valence-electron chi connectivity index (χ2n) is 7.39. The number of carbonyl (C=O) groups is 2. The summed E-state index contributed by atoms with van der Waals surface area (Å²) in [5.41, 5.74) is -1.28. The molecule has 0 aliphatic rings. The third-order valence-corrected chi connectivity index (χ3v) is 2.99. The monoisotopic (exact) mass is 554 g/mol. The molecule has 0 aliphatic heterocycles. The molecule has 0 spiro atoms. The summed E-state index contributed by atoms with van der Waals surface area (Å²) in [4.78, 5) is 29.9. The molecule has 0 aromatic rings. The molecule has 0 radical (unpaired) electrons. The van der Waals surface area contributed by atoms with Crippen LogP contribution in [0.15, 0.2) is 0 Å². The van der Waals surface area contributed by atoms with Gasteiger partial charge in [0, 0.05) is 0 Å². The number of aliphatic hydroxyl groups excluding tert-OH is 1. The van der Waals surface area contributed by atoms with Crippen molar-refractivity contribution in [2.75, 3.05) is 26.2 Å². The number of hydrogen-bond acceptors (Lipinski definition) is 7. The second-order valence-corrected chi connectivity index (χ2v) is 8.14. The van der Waals surface area contributed by atoms with Gasteiger partial charge in [-0.05, 0) is 20.8 Å². The van der Waals surface area contributed by atoms with Crippen LogP contribution in [0.2, 0.25) is 0 Å². The van der Waals surface area contributed by atoms with E-state index in [4.69, 9.17) is 14.4 Å². The molecule has 0 aromatic heterocycles. The first-order valence-electron chi connectivity index (χ1n) is 7.95. The molecule has 0 rings (SSSR count). The molecule has 0 aliphatic carbocycles. The molecular formula is C15H29N2O7Tl. The molecular weight excluding hydrogens is 525 g/mol. The third kappa shape index (κ3) is 14.2. The molecule has 9 nitrogen and oxygen atoms in total. The van der Waals surface area contributed by atoms with Crippen molar-refractivity contribution >= 4 is 38.4 Å². The average Bonchev–Trinajstić information content (AvgIpc) is 2.40. The van der Waals surface area contributed by atoms with Crippen molar-refractivity contribution in [3.8, 4) is 0 Å². The minimum absolute atomic E-state index is 0.0149. The zero-order valence-corrected chi connectivity index (χ0v) is 20.3. The summed E-state index contributed by atoms with van der Waals surface area (Å²) in [6.45, 7) is 10.7. The van der Waals surface area contributed by atoms with Crippen molar-refractivity contribution in [1.29, 1.82) is 0 Å². The Morgan fingerprint density at radius 3 is 2.16 bits per heavy atom. The molecule has 1 unspecified atom stereocenters.